The van der Waals surface area contributed by atoms with Crippen LogP contribution < -0.4 is 26.8 Å². The van der Waals surface area contributed by atoms with Gasteiger partial charge in [-0.15, -0.1) is 0 Å². The molecule has 0 aliphatic rings. The lowest BCUT2D eigenvalue weighted by Crippen LogP contribution is -2.38. The van der Waals surface area contributed by atoms with Crippen LogP contribution in [0.15, 0.2) is 60.8 Å². The lowest BCUT2D eigenvalue weighted by Gasteiger charge is -2.16. The molecule has 1 unspecified atom stereocenters. The summed E-state index contributed by atoms with van der Waals surface area (Å²) in [5, 5.41) is 4.45. The average Bonchev–Trinajstić information content (AvgIpc) is 2.76. The molecule has 1 aromatic heterocycles. The number of carbonyl (C=O) groups is 3. The van der Waals surface area contributed by atoms with E-state index < -0.39 is 53.3 Å². The first-order valence-electron chi connectivity index (χ1n) is 9.55. The Kier molecular flexibility index (Phi) is 7.13. The van der Waals surface area contributed by atoms with Gasteiger partial charge in [0.15, 0.2) is 17.4 Å². The van der Waals surface area contributed by atoms with Gasteiger partial charge in [-0.05, 0) is 11.6 Å². The molecule has 6 N–H and O–H groups in total. The normalized spacial score (nSPS) is 11.3. The molecule has 0 spiro atoms. The fourth-order valence-corrected chi connectivity index (χ4v) is 2.84. The third-order valence-corrected chi connectivity index (χ3v) is 4.32. The maximum Gasteiger partial charge on any atom is 0.244 e. The second-order valence-electron chi connectivity index (χ2n) is 6.82. The van der Waals surface area contributed by atoms with E-state index in [0.29, 0.717) is 11.6 Å². The second-order valence-corrected chi connectivity index (χ2v) is 6.82. The van der Waals surface area contributed by atoms with Gasteiger partial charge in [0.25, 0.3) is 0 Å². The number of ether oxygens (including phenoxy) is 1. The summed E-state index contributed by atoms with van der Waals surface area (Å²) in [5.74, 6) is -4.74. The predicted molar refractivity (Wildman–Crippen MR) is 115 cm³/mol. The Morgan fingerprint density at radius 2 is 1.73 bits per heavy atom. The molecule has 3 aromatic rings. The summed E-state index contributed by atoms with van der Waals surface area (Å²) in [7, 11) is 0. The van der Waals surface area contributed by atoms with Crippen molar-refractivity contribution in [3.63, 3.8) is 0 Å². The van der Waals surface area contributed by atoms with Gasteiger partial charge in [0, 0.05) is 24.4 Å². The molecule has 170 valence electrons. The molecule has 1 atom stereocenters. The largest absolute Gasteiger partial charge is 0.454 e. The summed E-state index contributed by atoms with van der Waals surface area (Å²) in [6.07, 6.45) is 0.575. The molecular formula is C22H19F2N5O4. The number of carbonyl (C=O) groups excluding carboxylic acids is 3. The van der Waals surface area contributed by atoms with Crippen molar-refractivity contribution in [1.29, 1.82) is 0 Å². The van der Waals surface area contributed by atoms with Crippen LogP contribution in [0.2, 0.25) is 0 Å². The van der Waals surface area contributed by atoms with E-state index in [0.717, 1.165) is 6.07 Å². The number of hydrogen-bond donors (Lipinski definition) is 4. The Morgan fingerprint density at radius 1 is 1.00 bits per heavy atom. The van der Waals surface area contributed by atoms with Crippen LogP contribution in [0, 0.1) is 11.6 Å². The Morgan fingerprint density at radius 3 is 2.39 bits per heavy atom. The molecule has 0 bridgehead atoms. The zero-order chi connectivity index (χ0) is 24.0. The number of rotatable bonds is 8. The van der Waals surface area contributed by atoms with Crippen LogP contribution >= 0.6 is 0 Å². The van der Waals surface area contributed by atoms with Gasteiger partial charge in [0.05, 0.1) is 5.69 Å². The Hall–Kier alpha value is -4.54. The van der Waals surface area contributed by atoms with Crippen molar-refractivity contribution in [2.75, 3.05) is 11.1 Å². The van der Waals surface area contributed by atoms with E-state index in [1.807, 2.05) is 0 Å². The first-order valence-corrected chi connectivity index (χ1v) is 9.55. The Labute approximate surface area is 186 Å². The van der Waals surface area contributed by atoms with Crippen LogP contribution in [-0.2, 0) is 14.4 Å². The van der Waals surface area contributed by atoms with E-state index in [1.165, 1.54) is 18.3 Å². The van der Waals surface area contributed by atoms with Crippen LogP contribution in [0.1, 0.15) is 18.0 Å². The van der Waals surface area contributed by atoms with Crippen molar-refractivity contribution in [2.45, 2.75) is 12.5 Å². The number of nitrogens with zero attached hydrogens (tertiary/aromatic N) is 1. The minimum atomic E-state index is -1.15. The number of amides is 3. The molecule has 3 amide bonds. The van der Waals surface area contributed by atoms with Crippen LogP contribution in [0.25, 0.3) is 0 Å². The molecule has 33 heavy (non-hydrogen) atoms. The quantitative estimate of drug-likeness (QED) is 0.383. The first-order chi connectivity index (χ1) is 15.7. The van der Waals surface area contributed by atoms with E-state index in [-0.39, 0.29) is 11.6 Å². The fraction of sp³-hybridized carbons (Fsp3) is 0.0909. The second kappa shape index (κ2) is 10.2. The molecule has 3 rings (SSSR count). The van der Waals surface area contributed by atoms with Crippen molar-refractivity contribution >= 4 is 29.2 Å². The van der Waals surface area contributed by atoms with Crippen molar-refractivity contribution in [3.05, 3.63) is 78.0 Å². The van der Waals surface area contributed by atoms with Crippen molar-refractivity contribution in [3.8, 4) is 11.5 Å². The lowest BCUT2D eigenvalue weighted by atomic mass is 10.1. The highest BCUT2D eigenvalue weighted by Gasteiger charge is 2.22. The van der Waals surface area contributed by atoms with Gasteiger partial charge < -0.3 is 26.8 Å². The molecular weight excluding hydrogens is 436 g/mol. The van der Waals surface area contributed by atoms with Gasteiger partial charge >= 0.3 is 0 Å². The zero-order valence-corrected chi connectivity index (χ0v) is 17.0. The smallest absolute Gasteiger partial charge is 0.244 e. The molecule has 0 aliphatic heterocycles. The first kappa shape index (κ1) is 23.1. The molecule has 0 aliphatic carbocycles. The topological polar surface area (TPSA) is 149 Å². The minimum absolute atomic E-state index is 0.126. The zero-order valence-electron chi connectivity index (χ0n) is 17.0. The van der Waals surface area contributed by atoms with Crippen LogP contribution in [0.5, 0.6) is 11.5 Å². The fourth-order valence-electron chi connectivity index (χ4n) is 2.84. The average molecular weight is 455 g/mol. The van der Waals surface area contributed by atoms with Crippen molar-refractivity contribution < 1.29 is 27.9 Å². The summed E-state index contributed by atoms with van der Waals surface area (Å²) >= 11 is 0. The standard InChI is InChI=1S/C22H19F2N5O4/c23-14-10-17(33-13-6-7-27-18(25)8-13)15(24)9-16(14)28-19(30)11-20(31)29-21(22(26)32)12-4-2-1-3-5-12/h1-10,21H,11H2,(H2,25,27)(H2,26,32)(H,28,30)(H,29,31). The van der Waals surface area contributed by atoms with Gasteiger partial charge in [-0.1, -0.05) is 30.3 Å². The van der Waals surface area contributed by atoms with E-state index in [1.54, 1.807) is 30.3 Å². The summed E-state index contributed by atoms with van der Waals surface area (Å²) in [5.41, 5.74) is 10.8. The summed E-state index contributed by atoms with van der Waals surface area (Å²) in [6, 6.07) is 11.2. The number of nitrogens with two attached hydrogens (primary N) is 2. The highest BCUT2D eigenvalue weighted by molar-refractivity contribution is 6.04. The van der Waals surface area contributed by atoms with Gasteiger partial charge in [0.2, 0.25) is 17.7 Å². The van der Waals surface area contributed by atoms with Gasteiger partial charge in [-0.2, -0.15) is 0 Å². The summed E-state index contributed by atoms with van der Waals surface area (Å²) in [6.45, 7) is 0. The lowest BCUT2D eigenvalue weighted by molar-refractivity contribution is -0.130. The number of pyridine rings is 1. The molecule has 0 radical (unpaired) electrons. The van der Waals surface area contributed by atoms with Crippen LogP contribution in [-0.4, -0.2) is 22.7 Å². The molecule has 0 fully saturated rings. The van der Waals surface area contributed by atoms with Gasteiger partial charge in [0.1, 0.15) is 24.0 Å². The number of halogens is 2. The molecule has 2 aromatic carbocycles. The SMILES string of the molecule is NC(=O)C(NC(=O)CC(=O)Nc1cc(F)c(Oc2ccnc(N)c2)cc1F)c1ccccc1. The highest BCUT2D eigenvalue weighted by Crippen LogP contribution is 2.29. The van der Waals surface area contributed by atoms with Crippen molar-refractivity contribution in [1.82, 2.24) is 10.3 Å². The number of nitrogen functional groups attached to an aromatic ring is 1. The van der Waals surface area contributed by atoms with Gasteiger partial charge in [-0.25, -0.2) is 13.8 Å². The number of aromatic nitrogens is 1. The number of hydrogen-bond acceptors (Lipinski definition) is 6. The maximum atomic E-state index is 14.4. The number of nitrogens with one attached hydrogen (secondary N) is 2. The third-order valence-electron chi connectivity index (χ3n) is 4.32. The highest BCUT2D eigenvalue weighted by atomic mass is 19.1. The predicted octanol–water partition coefficient (Wildman–Crippen LogP) is 2.41. The Balaban J connectivity index is 1.64. The monoisotopic (exact) mass is 455 g/mol. The molecule has 1 heterocycles. The molecule has 0 saturated heterocycles. The number of primary amides is 1. The number of benzene rings is 2. The minimum Gasteiger partial charge on any atom is -0.454 e. The van der Waals surface area contributed by atoms with Crippen molar-refractivity contribution in [2.24, 2.45) is 5.73 Å². The van der Waals surface area contributed by atoms with Gasteiger partial charge in [-0.3, -0.25) is 14.4 Å². The summed E-state index contributed by atoms with van der Waals surface area (Å²) in [4.78, 5) is 39.8. The van der Waals surface area contributed by atoms with E-state index in [2.05, 4.69) is 15.6 Å². The molecule has 0 saturated carbocycles. The summed E-state index contributed by atoms with van der Waals surface area (Å²) < 4.78 is 34.0. The molecule has 11 heteroatoms. The van der Waals surface area contributed by atoms with Crippen LogP contribution in [0.4, 0.5) is 20.3 Å². The van der Waals surface area contributed by atoms with E-state index in [9.17, 15) is 23.2 Å². The van der Waals surface area contributed by atoms with Crippen LogP contribution in [0.3, 0.4) is 0 Å². The Bertz CT molecular complexity index is 1190. The molecule has 9 nitrogen and oxygen atoms in total. The third kappa shape index (κ3) is 6.23. The van der Waals surface area contributed by atoms with E-state index >= 15 is 0 Å². The maximum absolute atomic E-state index is 14.4. The number of anilines is 2. The van der Waals surface area contributed by atoms with E-state index in [4.69, 9.17) is 16.2 Å².